The molecule has 0 bridgehead atoms. The van der Waals surface area contributed by atoms with Gasteiger partial charge in [0.1, 0.15) is 0 Å². The molecule has 6 aromatic carbocycles. The highest BCUT2D eigenvalue weighted by Gasteiger charge is 2.38. The first-order valence-electron chi connectivity index (χ1n) is 16.2. The van der Waals surface area contributed by atoms with Crippen molar-refractivity contribution in [2.75, 3.05) is 0 Å². The molecule has 0 atom stereocenters. The van der Waals surface area contributed by atoms with Crippen molar-refractivity contribution in [3.63, 3.8) is 0 Å². The third kappa shape index (κ3) is 3.81. The van der Waals surface area contributed by atoms with E-state index in [1.54, 1.807) is 0 Å². The van der Waals surface area contributed by atoms with Crippen LogP contribution in [-0.4, -0.2) is 9.55 Å². The number of hydrogen-bond acceptors (Lipinski definition) is 2. The molecular weight excluding hydrogens is 589 g/mol. The van der Waals surface area contributed by atoms with E-state index in [0.29, 0.717) is 0 Å². The fourth-order valence-electron chi connectivity index (χ4n) is 7.94. The van der Waals surface area contributed by atoms with Crippen molar-refractivity contribution < 1.29 is 0 Å². The largest absolute Gasteiger partial charge is 0.309 e. The van der Waals surface area contributed by atoms with Gasteiger partial charge in [0.25, 0.3) is 0 Å². The number of pyridine rings is 1. The molecule has 3 aromatic heterocycles. The van der Waals surface area contributed by atoms with Crippen LogP contribution in [0.1, 0.15) is 25.0 Å². The van der Waals surface area contributed by atoms with Crippen LogP contribution in [0, 0.1) is 0 Å². The van der Waals surface area contributed by atoms with Crippen LogP contribution in [0.2, 0.25) is 0 Å². The molecule has 0 unspecified atom stereocenters. The molecule has 0 aliphatic heterocycles. The second-order valence-electron chi connectivity index (χ2n) is 13.2. The van der Waals surface area contributed by atoms with Gasteiger partial charge < -0.3 is 4.57 Å². The lowest BCUT2D eigenvalue weighted by Gasteiger charge is -2.21. The maximum Gasteiger partial charge on any atom is 0.0730 e. The van der Waals surface area contributed by atoms with E-state index in [1.165, 1.54) is 64.2 Å². The van der Waals surface area contributed by atoms with Gasteiger partial charge in [0.15, 0.2) is 0 Å². The summed E-state index contributed by atoms with van der Waals surface area (Å²) in [6.45, 7) is 4.79. The van der Waals surface area contributed by atoms with Crippen molar-refractivity contribution in [3.05, 3.63) is 157 Å². The lowest BCUT2D eigenvalue weighted by molar-refractivity contribution is 0.662. The Morgan fingerprint density at radius 3 is 1.89 bits per heavy atom. The maximum atomic E-state index is 5.20. The Balaban J connectivity index is 1.32. The average Bonchev–Trinajstić information content (AvgIpc) is 3.73. The molecule has 47 heavy (non-hydrogen) atoms. The SMILES string of the molecule is CC1(C)c2cc3c4ccccc4n(-c4cc(-c5ccccc5)nc(-c5ccccc5)c4)c3cc2-c2c1ccc1sc3ccccc3c21. The number of fused-ring (bicyclic) bond motifs is 10. The van der Waals surface area contributed by atoms with Crippen LogP contribution in [0.3, 0.4) is 0 Å². The summed E-state index contributed by atoms with van der Waals surface area (Å²) in [7, 11) is 0. The molecule has 1 aliphatic carbocycles. The van der Waals surface area contributed by atoms with Crippen LogP contribution in [0.15, 0.2) is 146 Å². The molecule has 0 N–H and O–H groups in total. The Labute approximate surface area is 277 Å². The van der Waals surface area contributed by atoms with Crippen LogP contribution in [0.25, 0.3) is 81.3 Å². The van der Waals surface area contributed by atoms with Gasteiger partial charge in [-0.05, 0) is 64.7 Å². The molecule has 0 amide bonds. The average molecular weight is 619 g/mol. The van der Waals surface area contributed by atoms with E-state index in [0.717, 1.165) is 28.2 Å². The van der Waals surface area contributed by atoms with Crippen LogP contribution < -0.4 is 0 Å². The zero-order chi connectivity index (χ0) is 31.3. The number of thiophene rings is 1. The maximum absolute atomic E-state index is 5.20. The highest BCUT2D eigenvalue weighted by molar-refractivity contribution is 7.26. The van der Waals surface area contributed by atoms with Gasteiger partial charge in [-0.25, -0.2) is 4.98 Å². The standard InChI is InChI=1S/C44H30N2S/c1-44(2)34-21-22-41-43(31-18-10-12-20-40(31)47-41)42(34)33-26-39-32(25-35(33)44)30-17-9-11-19-38(30)46(39)29-23-36(27-13-5-3-6-14-27)45-37(24-29)28-15-7-4-8-16-28/h3-26H,1-2H3. The first-order chi connectivity index (χ1) is 23.1. The Hall–Kier alpha value is -5.51. The van der Waals surface area contributed by atoms with E-state index >= 15 is 0 Å². The molecule has 3 heterocycles. The minimum absolute atomic E-state index is 0.114. The lowest BCUT2D eigenvalue weighted by Crippen LogP contribution is -2.14. The second kappa shape index (κ2) is 9.75. The van der Waals surface area contributed by atoms with Gasteiger partial charge in [0.2, 0.25) is 0 Å². The summed E-state index contributed by atoms with van der Waals surface area (Å²) in [4.78, 5) is 5.20. The Morgan fingerprint density at radius 2 is 1.17 bits per heavy atom. The van der Waals surface area contributed by atoms with E-state index in [9.17, 15) is 0 Å². The predicted octanol–water partition coefficient (Wildman–Crippen LogP) is 12.2. The molecule has 0 fully saturated rings. The predicted molar refractivity (Wildman–Crippen MR) is 200 cm³/mol. The van der Waals surface area contributed by atoms with E-state index in [4.69, 9.17) is 4.98 Å². The summed E-state index contributed by atoms with van der Waals surface area (Å²) in [5.41, 5.74) is 13.1. The van der Waals surface area contributed by atoms with Crippen LogP contribution in [-0.2, 0) is 5.41 Å². The molecule has 0 radical (unpaired) electrons. The molecule has 0 saturated heterocycles. The molecule has 3 heteroatoms. The molecule has 1 aliphatic rings. The number of nitrogens with zero attached hydrogens (tertiary/aromatic N) is 2. The van der Waals surface area contributed by atoms with E-state index in [1.807, 2.05) is 11.3 Å². The number of hydrogen-bond donors (Lipinski definition) is 0. The Bertz CT molecular complexity index is 2640. The van der Waals surface area contributed by atoms with Gasteiger partial charge in [-0.1, -0.05) is 117 Å². The molecule has 0 saturated carbocycles. The normalized spacial score (nSPS) is 13.5. The minimum atomic E-state index is -0.114. The minimum Gasteiger partial charge on any atom is -0.309 e. The molecule has 10 rings (SSSR count). The van der Waals surface area contributed by atoms with Crippen molar-refractivity contribution in [3.8, 4) is 39.3 Å². The molecule has 0 spiro atoms. The number of para-hydroxylation sites is 1. The first kappa shape index (κ1) is 26.7. The van der Waals surface area contributed by atoms with Crippen molar-refractivity contribution in [2.24, 2.45) is 0 Å². The third-order valence-electron chi connectivity index (χ3n) is 10.2. The number of aromatic nitrogens is 2. The van der Waals surface area contributed by atoms with Gasteiger partial charge in [0.05, 0.1) is 28.1 Å². The quantitative estimate of drug-likeness (QED) is 0.193. The summed E-state index contributed by atoms with van der Waals surface area (Å²) in [6.07, 6.45) is 0. The fourth-order valence-corrected chi connectivity index (χ4v) is 9.05. The monoisotopic (exact) mass is 618 g/mol. The molecule has 9 aromatic rings. The fraction of sp³-hybridized carbons (Fsp3) is 0.0682. The zero-order valence-corrected chi connectivity index (χ0v) is 27.0. The summed E-state index contributed by atoms with van der Waals surface area (Å²) >= 11 is 1.90. The Morgan fingerprint density at radius 1 is 0.532 bits per heavy atom. The van der Waals surface area contributed by atoms with Gasteiger partial charge in [-0.3, -0.25) is 0 Å². The molecule has 222 valence electrons. The number of rotatable bonds is 3. The smallest absolute Gasteiger partial charge is 0.0730 e. The van der Waals surface area contributed by atoms with Crippen molar-refractivity contribution in [1.82, 2.24) is 9.55 Å². The highest BCUT2D eigenvalue weighted by atomic mass is 32.1. The van der Waals surface area contributed by atoms with Gasteiger partial charge >= 0.3 is 0 Å². The second-order valence-corrected chi connectivity index (χ2v) is 14.3. The Kier molecular flexibility index (Phi) is 5.53. The van der Waals surface area contributed by atoms with Crippen LogP contribution in [0.4, 0.5) is 0 Å². The number of benzene rings is 6. The van der Waals surface area contributed by atoms with Crippen LogP contribution in [0.5, 0.6) is 0 Å². The van der Waals surface area contributed by atoms with E-state index in [2.05, 4.69) is 164 Å². The summed E-state index contributed by atoms with van der Waals surface area (Å²) in [6, 6.07) is 53.0. The third-order valence-corrected chi connectivity index (χ3v) is 11.3. The summed E-state index contributed by atoms with van der Waals surface area (Å²) < 4.78 is 5.15. The van der Waals surface area contributed by atoms with E-state index in [-0.39, 0.29) is 5.41 Å². The van der Waals surface area contributed by atoms with Crippen molar-refractivity contribution in [1.29, 1.82) is 0 Å². The van der Waals surface area contributed by atoms with Gasteiger partial charge in [-0.15, -0.1) is 11.3 Å². The molecule has 2 nitrogen and oxygen atoms in total. The highest BCUT2D eigenvalue weighted by Crippen LogP contribution is 2.55. The van der Waals surface area contributed by atoms with Gasteiger partial charge in [-0.2, -0.15) is 0 Å². The summed E-state index contributed by atoms with van der Waals surface area (Å²) in [5, 5.41) is 5.29. The first-order valence-corrected chi connectivity index (χ1v) is 17.0. The summed E-state index contributed by atoms with van der Waals surface area (Å²) in [5.74, 6) is 0. The molecular formula is C44H30N2S. The lowest BCUT2D eigenvalue weighted by atomic mass is 9.82. The zero-order valence-electron chi connectivity index (χ0n) is 26.2. The van der Waals surface area contributed by atoms with E-state index < -0.39 is 0 Å². The van der Waals surface area contributed by atoms with Gasteiger partial charge in [0, 0.05) is 47.5 Å². The topological polar surface area (TPSA) is 17.8 Å². The van der Waals surface area contributed by atoms with Crippen LogP contribution >= 0.6 is 11.3 Å². The van der Waals surface area contributed by atoms with Crippen molar-refractivity contribution in [2.45, 2.75) is 19.3 Å². The van der Waals surface area contributed by atoms with Crippen molar-refractivity contribution >= 4 is 53.3 Å².